The number of halogens is 1. The first-order chi connectivity index (χ1) is 7.63. The van der Waals surface area contributed by atoms with Crippen molar-refractivity contribution >= 4 is 17.5 Å². The summed E-state index contributed by atoms with van der Waals surface area (Å²) in [6, 6.07) is 0.933. The molecule has 92 valence electrons. The molecule has 0 N–H and O–H groups in total. The van der Waals surface area contributed by atoms with E-state index in [1.54, 1.807) is 0 Å². The lowest BCUT2D eigenvalue weighted by Gasteiger charge is -2.45. The highest BCUT2D eigenvalue weighted by atomic mass is 35.5. The van der Waals surface area contributed by atoms with Crippen LogP contribution in [0.2, 0.25) is 0 Å². The van der Waals surface area contributed by atoms with E-state index in [0.29, 0.717) is 18.0 Å². The molecule has 0 aromatic rings. The molecule has 3 nitrogen and oxygen atoms in total. The number of amides is 1. The normalized spacial score (nSPS) is 30.9. The summed E-state index contributed by atoms with van der Waals surface area (Å²) >= 11 is 5.69. The second-order valence-electron chi connectivity index (χ2n) is 5.28. The van der Waals surface area contributed by atoms with Gasteiger partial charge in [0.05, 0.1) is 0 Å². The smallest absolute Gasteiger partial charge is 0.237 e. The van der Waals surface area contributed by atoms with Gasteiger partial charge in [0.1, 0.15) is 5.88 Å². The molecule has 0 saturated carbocycles. The Morgan fingerprint density at radius 2 is 2.19 bits per heavy atom. The van der Waals surface area contributed by atoms with Gasteiger partial charge >= 0.3 is 0 Å². The molecule has 2 fully saturated rings. The van der Waals surface area contributed by atoms with E-state index in [0.717, 1.165) is 13.1 Å². The minimum Gasteiger partial charge on any atom is -0.336 e. The van der Waals surface area contributed by atoms with E-state index in [1.807, 2.05) is 4.90 Å². The number of rotatable bonds is 2. The number of nitrogens with zero attached hydrogens (tertiary/aromatic N) is 2. The maximum atomic E-state index is 11.8. The van der Waals surface area contributed by atoms with Crippen LogP contribution in [0.15, 0.2) is 0 Å². The first-order valence-corrected chi connectivity index (χ1v) is 6.76. The molecule has 0 spiro atoms. The van der Waals surface area contributed by atoms with Crippen LogP contribution in [0.1, 0.15) is 26.7 Å². The zero-order valence-electron chi connectivity index (χ0n) is 10.2. The number of alkyl halides is 1. The summed E-state index contributed by atoms with van der Waals surface area (Å²) in [6.07, 6.45) is 2.51. The molecular weight excluding hydrogens is 224 g/mol. The van der Waals surface area contributed by atoms with Crippen molar-refractivity contribution < 1.29 is 4.79 Å². The Bertz CT molecular complexity index is 270. The Morgan fingerprint density at radius 3 is 2.81 bits per heavy atom. The van der Waals surface area contributed by atoms with Crippen molar-refractivity contribution in [3.8, 4) is 0 Å². The number of hydrogen-bond acceptors (Lipinski definition) is 2. The third-order valence-electron chi connectivity index (χ3n) is 3.93. The van der Waals surface area contributed by atoms with Gasteiger partial charge in [0.2, 0.25) is 5.91 Å². The van der Waals surface area contributed by atoms with Crippen LogP contribution < -0.4 is 0 Å². The maximum Gasteiger partial charge on any atom is 0.237 e. The van der Waals surface area contributed by atoms with Crippen LogP contribution in [-0.2, 0) is 4.79 Å². The van der Waals surface area contributed by atoms with Crippen LogP contribution in [-0.4, -0.2) is 53.3 Å². The zero-order chi connectivity index (χ0) is 11.7. The molecule has 2 rings (SSSR count). The molecule has 0 radical (unpaired) electrons. The number of hydrogen-bond donors (Lipinski definition) is 0. The van der Waals surface area contributed by atoms with Crippen LogP contribution in [0.5, 0.6) is 0 Å². The summed E-state index contributed by atoms with van der Waals surface area (Å²) < 4.78 is 0. The Morgan fingerprint density at radius 1 is 1.44 bits per heavy atom. The standard InChI is InChI=1S/C12H21ClN2O/c1-9(2)11-8-14-5-3-4-10(14)7-15(11)12(16)6-13/h9-11H,3-8H2,1-2H3/t10-,11-/m0/s1. The Balaban J connectivity index is 2.10. The van der Waals surface area contributed by atoms with Gasteiger partial charge < -0.3 is 4.90 Å². The second-order valence-corrected chi connectivity index (χ2v) is 5.55. The topological polar surface area (TPSA) is 23.6 Å². The van der Waals surface area contributed by atoms with Gasteiger partial charge in [-0.2, -0.15) is 0 Å². The summed E-state index contributed by atoms with van der Waals surface area (Å²) in [6.45, 7) is 7.50. The van der Waals surface area contributed by atoms with Crippen molar-refractivity contribution in [2.45, 2.75) is 38.8 Å². The van der Waals surface area contributed by atoms with Crippen molar-refractivity contribution in [2.24, 2.45) is 5.92 Å². The summed E-state index contributed by atoms with van der Waals surface area (Å²) in [5.41, 5.74) is 0. The SMILES string of the molecule is CC(C)[C@@H]1CN2CCC[C@H]2CN1C(=O)CCl. The van der Waals surface area contributed by atoms with E-state index in [4.69, 9.17) is 11.6 Å². The molecule has 2 saturated heterocycles. The fourth-order valence-corrected chi connectivity index (χ4v) is 3.13. The van der Waals surface area contributed by atoms with Gasteiger partial charge in [-0.3, -0.25) is 9.69 Å². The maximum absolute atomic E-state index is 11.8. The van der Waals surface area contributed by atoms with Crippen molar-refractivity contribution in [2.75, 3.05) is 25.5 Å². The fourth-order valence-electron chi connectivity index (χ4n) is 2.98. The minimum atomic E-state index is 0.104. The van der Waals surface area contributed by atoms with Crippen LogP contribution >= 0.6 is 11.6 Å². The predicted molar refractivity (Wildman–Crippen MR) is 65.7 cm³/mol. The number of carbonyl (C=O) groups excluding carboxylic acids is 1. The summed E-state index contributed by atoms with van der Waals surface area (Å²) in [5, 5.41) is 0. The lowest BCUT2D eigenvalue weighted by atomic mass is 9.97. The molecule has 0 aromatic heterocycles. The average Bonchev–Trinajstić information content (AvgIpc) is 2.73. The van der Waals surface area contributed by atoms with E-state index in [-0.39, 0.29) is 11.8 Å². The molecule has 0 unspecified atom stereocenters. The van der Waals surface area contributed by atoms with Gasteiger partial charge in [0.15, 0.2) is 0 Å². The van der Waals surface area contributed by atoms with Crippen molar-refractivity contribution in [3.63, 3.8) is 0 Å². The molecule has 0 aliphatic carbocycles. The lowest BCUT2D eigenvalue weighted by molar-refractivity contribution is -0.135. The molecule has 2 aliphatic rings. The van der Waals surface area contributed by atoms with Gasteiger partial charge in [0, 0.05) is 25.2 Å². The second kappa shape index (κ2) is 4.92. The average molecular weight is 245 g/mol. The first kappa shape index (κ1) is 12.2. The monoisotopic (exact) mass is 244 g/mol. The molecular formula is C12H21ClN2O. The fraction of sp³-hybridized carbons (Fsp3) is 0.917. The van der Waals surface area contributed by atoms with Gasteiger partial charge in [-0.05, 0) is 25.3 Å². The zero-order valence-corrected chi connectivity index (χ0v) is 10.9. The van der Waals surface area contributed by atoms with Gasteiger partial charge in [-0.1, -0.05) is 13.8 Å². The Hall–Kier alpha value is -0.280. The summed E-state index contributed by atoms with van der Waals surface area (Å²) in [5.74, 6) is 0.733. The van der Waals surface area contributed by atoms with Gasteiger partial charge in [-0.15, -0.1) is 11.6 Å². The highest BCUT2D eigenvalue weighted by Crippen LogP contribution is 2.27. The van der Waals surface area contributed by atoms with Crippen LogP contribution in [0.25, 0.3) is 0 Å². The molecule has 4 heteroatoms. The Labute approximate surface area is 103 Å². The number of piperazine rings is 1. The molecule has 2 atom stereocenters. The molecule has 2 heterocycles. The van der Waals surface area contributed by atoms with Crippen molar-refractivity contribution in [3.05, 3.63) is 0 Å². The highest BCUT2D eigenvalue weighted by molar-refractivity contribution is 6.27. The molecule has 1 amide bonds. The largest absolute Gasteiger partial charge is 0.336 e. The molecule has 0 bridgehead atoms. The van der Waals surface area contributed by atoms with Crippen LogP contribution in [0.3, 0.4) is 0 Å². The van der Waals surface area contributed by atoms with E-state index < -0.39 is 0 Å². The van der Waals surface area contributed by atoms with E-state index >= 15 is 0 Å². The van der Waals surface area contributed by atoms with E-state index in [2.05, 4.69) is 18.7 Å². The van der Waals surface area contributed by atoms with E-state index in [1.165, 1.54) is 19.4 Å². The minimum absolute atomic E-state index is 0.104. The van der Waals surface area contributed by atoms with Crippen molar-refractivity contribution in [1.82, 2.24) is 9.80 Å². The number of carbonyl (C=O) groups is 1. The quantitative estimate of drug-likeness (QED) is 0.689. The van der Waals surface area contributed by atoms with E-state index in [9.17, 15) is 4.79 Å². The van der Waals surface area contributed by atoms with Crippen LogP contribution in [0, 0.1) is 5.92 Å². The summed E-state index contributed by atoms with van der Waals surface area (Å²) in [4.78, 5) is 16.4. The number of fused-ring (bicyclic) bond motifs is 1. The third kappa shape index (κ3) is 2.21. The molecule has 16 heavy (non-hydrogen) atoms. The molecule has 0 aromatic carbocycles. The Kier molecular flexibility index (Phi) is 3.75. The summed E-state index contributed by atoms with van der Waals surface area (Å²) in [7, 11) is 0. The first-order valence-electron chi connectivity index (χ1n) is 6.23. The predicted octanol–water partition coefficient (Wildman–Crippen LogP) is 1.56. The van der Waals surface area contributed by atoms with Gasteiger partial charge in [0.25, 0.3) is 0 Å². The van der Waals surface area contributed by atoms with Gasteiger partial charge in [-0.25, -0.2) is 0 Å². The third-order valence-corrected chi connectivity index (χ3v) is 4.16. The van der Waals surface area contributed by atoms with Crippen molar-refractivity contribution in [1.29, 1.82) is 0 Å². The lowest BCUT2D eigenvalue weighted by Crippen LogP contribution is -2.59. The molecule has 2 aliphatic heterocycles. The highest BCUT2D eigenvalue weighted by Gasteiger charge is 2.38. The van der Waals surface area contributed by atoms with Crippen LogP contribution in [0.4, 0.5) is 0 Å².